The lowest BCUT2D eigenvalue weighted by atomic mass is 9.95. The van der Waals surface area contributed by atoms with E-state index in [1.165, 1.54) is 0 Å². The summed E-state index contributed by atoms with van der Waals surface area (Å²) in [5, 5.41) is 31.1. The van der Waals surface area contributed by atoms with Crippen LogP contribution >= 0.6 is 0 Å². The number of esters is 1. The molecule has 1 fully saturated rings. The molecule has 0 aromatic heterocycles. The van der Waals surface area contributed by atoms with Gasteiger partial charge in [-0.05, 0) is 11.1 Å². The predicted octanol–water partition coefficient (Wildman–Crippen LogP) is 1.34. The van der Waals surface area contributed by atoms with Gasteiger partial charge in [-0.2, -0.15) is 0 Å². The highest BCUT2D eigenvalue weighted by atomic mass is 16.6. The lowest BCUT2D eigenvalue weighted by Gasteiger charge is -2.29. The second-order valence-electron chi connectivity index (χ2n) is 6.33. The number of rotatable bonds is 7. The maximum absolute atomic E-state index is 11.7. The summed E-state index contributed by atoms with van der Waals surface area (Å²) in [4.78, 5) is 11.7. The van der Waals surface area contributed by atoms with Crippen molar-refractivity contribution in [2.75, 3.05) is 0 Å². The zero-order chi connectivity index (χ0) is 18.5. The van der Waals surface area contributed by atoms with Crippen molar-refractivity contribution in [3.05, 3.63) is 71.8 Å². The normalized spacial score (nSPS) is 23.3. The Morgan fingerprint density at radius 2 is 1.62 bits per heavy atom. The first-order valence-electron chi connectivity index (χ1n) is 8.50. The minimum absolute atomic E-state index is 0.0112. The van der Waals surface area contributed by atoms with Crippen molar-refractivity contribution in [1.29, 1.82) is 0 Å². The van der Waals surface area contributed by atoms with Crippen molar-refractivity contribution in [2.24, 2.45) is 0 Å². The van der Waals surface area contributed by atoms with Gasteiger partial charge in [0, 0.05) is 0 Å². The third kappa shape index (κ3) is 4.28. The van der Waals surface area contributed by atoms with Crippen LogP contribution in [-0.4, -0.2) is 45.7 Å². The van der Waals surface area contributed by atoms with E-state index in [4.69, 9.17) is 9.47 Å². The van der Waals surface area contributed by atoms with E-state index in [1.807, 2.05) is 30.3 Å². The Kier molecular flexibility index (Phi) is 6.00. The molecule has 2 aromatic carbocycles. The van der Waals surface area contributed by atoms with E-state index >= 15 is 0 Å². The molecule has 3 rings (SSSR count). The minimum Gasteiger partial charge on any atom is -0.457 e. The van der Waals surface area contributed by atoms with Crippen LogP contribution in [0.15, 0.2) is 60.7 Å². The lowest BCUT2D eigenvalue weighted by Crippen LogP contribution is -2.46. The quantitative estimate of drug-likeness (QED) is 0.647. The molecule has 1 aliphatic rings. The van der Waals surface area contributed by atoms with Crippen molar-refractivity contribution in [3.8, 4) is 0 Å². The van der Waals surface area contributed by atoms with Gasteiger partial charge in [-0.1, -0.05) is 60.7 Å². The number of aliphatic hydroxyl groups is 3. The Hall–Kier alpha value is -2.25. The molecule has 6 heteroatoms. The third-order valence-electron chi connectivity index (χ3n) is 4.46. The summed E-state index contributed by atoms with van der Waals surface area (Å²) >= 11 is 0. The van der Waals surface area contributed by atoms with Gasteiger partial charge in [0.2, 0.25) is 0 Å². The van der Waals surface area contributed by atoms with Gasteiger partial charge >= 0.3 is 5.97 Å². The number of hydrogen-bond acceptors (Lipinski definition) is 6. The molecule has 1 saturated heterocycles. The zero-order valence-electron chi connectivity index (χ0n) is 14.1. The minimum atomic E-state index is -1.52. The molecule has 0 amide bonds. The van der Waals surface area contributed by atoms with Gasteiger partial charge in [0.15, 0.2) is 6.10 Å². The number of ether oxygens (including phenoxy) is 2. The largest absolute Gasteiger partial charge is 0.457 e. The van der Waals surface area contributed by atoms with Gasteiger partial charge < -0.3 is 24.8 Å². The lowest BCUT2D eigenvalue weighted by molar-refractivity contribution is -0.160. The van der Waals surface area contributed by atoms with Crippen LogP contribution in [0, 0.1) is 0 Å². The molecule has 0 spiro atoms. The fraction of sp³-hybridized carbons (Fsp3) is 0.350. The fourth-order valence-corrected chi connectivity index (χ4v) is 3.01. The molecule has 0 radical (unpaired) electrons. The number of carbonyl (C=O) groups is 1. The maximum atomic E-state index is 11.7. The van der Waals surface area contributed by atoms with E-state index in [2.05, 4.69) is 0 Å². The van der Waals surface area contributed by atoms with E-state index in [-0.39, 0.29) is 13.0 Å². The number of cyclic esters (lactones) is 1. The van der Waals surface area contributed by atoms with Crippen molar-refractivity contribution < 1.29 is 29.6 Å². The Labute approximate surface area is 151 Å². The van der Waals surface area contributed by atoms with E-state index in [0.29, 0.717) is 5.56 Å². The smallest absolute Gasteiger partial charge is 0.309 e. The monoisotopic (exact) mass is 358 g/mol. The van der Waals surface area contributed by atoms with Crippen LogP contribution in [-0.2, 0) is 20.9 Å². The molecule has 138 valence electrons. The first kappa shape index (κ1) is 18.5. The van der Waals surface area contributed by atoms with Crippen molar-refractivity contribution in [2.45, 2.75) is 43.5 Å². The molecule has 2 aromatic rings. The molecule has 1 heterocycles. The number of aliphatic hydroxyl groups excluding tert-OH is 3. The average Bonchev–Trinajstić information content (AvgIpc) is 3.06. The zero-order valence-corrected chi connectivity index (χ0v) is 14.1. The Morgan fingerprint density at radius 1 is 1.00 bits per heavy atom. The van der Waals surface area contributed by atoms with Gasteiger partial charge in [0.1, 0.15) is 24.4 Å². The number of hydrogen-bond donors (Lipinski definition) is 3. The first-order valence-corrected chi connectivity index (χ1v) is 8.50. The van der Waals surface area contributed by atoms with Crippen LogP contribution in [0.4, 0.5) is 0 Å². The Balaban J connectivity index is 1.65. The van der Waals surface area contributed by atoms with Crippen LogP contribution in [0.3, 0.4) is 0 Å². The summed E-state index contributed by atoms with van der Waals surface area (Å²) in [5.74, 6) is -0.506. The molecule has 0 aliphatic carbocycles. The van der Waals surface area contributed by atoms with E-state index in [9.17, 15) is 20.1 Å². The highest BCUT2D eigenvalue weighted by molar-refractivity contribution is 5.72. The topological polar surface area (TPSA) is 96.2 Å². The molecule has 0 saturated carbocycles. The van der Waals surface area contributed by atoms with Gasteiger partial charge in [-0.3, -0.25) is 4.79 Å². The SMILES string of the molecule is O=C1C[C@@H](OCc2ccccc2)[C@@H]([C@@H](O)[C@H](O)[C@H](O)c2ccccc2)O1. The van der Waals surface area contributed by atoms with Crippen LogP contribution in [0.2, 0.25) is 0 Å². The van der Waals surface area contributed by atoms with Crippen LogP contribution < -0.4 is 0 Å². The molecule has 3 N–H and O–H groups in total. The summed E-state index contributed by atoms with van der Waals surface area (Å²) in [7, 11) is 0. The molecular weight excluding hydrogens is 336 g/mol. The summed E-state index contributed by atoms with van der Waals surface area (Å²) < 4.78 is 10.9. The molecule has 0 unspecified atom stereocenters. The van der Waals surface area contributed by atoms with Gasteiger partial charge in [-0.15, -0.1) is 0 Å². The molecule has 6 nitrogen and oxygen atoms in total. The van der Waals surface area contributed by atoms with Crippen molar-refractivity contribution in [1.82, 2.24) is 0 Å². The predicted molar refractivity (Wildman–Crippen MR) is 92.9 cm³/mol. The summed E-state index contributed by atoms with van der Waals surface area (Å²) in [6, 6.07) is 17.9. The Bertz CT molecular complexity index is 705. The van der Waals surface area contributed by atoms with E-state index in [1.54, 1.807) is 30.3 Å². The second kappa shape index (κ2) is 8.42. The highest BCUT2D eigenvalue weighted by Gasteiger charge is 2.44. The standard InChI is InChI=1S/C20H22O6/c21-16-11-15(25-12-13-7-3-1-4-8-13)20(26-16)19(24)18(23)17(22)14-9-5-2-6-10-14/h1-10,15,17-20,22-24H,11-12H2/t15-,17-,18-,19+,20+/m1/s1. The van der Waals surface area contributed by atoms with Gasteiger partial charge in [-0.25, -0.2) is 0 Å². The molecule has 5 atom stereocenters. The maximum Gasteiger partial charge on any atom is 0.309 e. The summed E-state index contributed by atoms with van der Waals surface area (Å²) in [6.07, 6.45) is -6.05. The third-order valence-corrected chi connectivity index (χ3v) is 4.46. The molecule has 26 heavy (non-hydrogen) atoms. The van der Waals surface area contributed by atoms with E-state index < -0.39 is 36.5 Å². The highest BCUT2D eigenvalue weighted by Crippen LogP contribution is 2.28. The van der Waals surface area contributed by atoms with Crippen LogP contribution in [0.1, 0.15) is 23.7 Å². The fourth-order valence-electron chi connectivity index (χ4n) is 3.01. The number of carbonyl (C=O) groups excluding carboxylic acids is 1. The van der Waals surface area contributed by atoms with Gasteiger partial charge in [0.05, 0.1) is 13.0 Å². The Morgan fingerprint density at radius 3 is 2.27 bits per heavy atom. The van der Waals surface area contributed by atoms with Crippen LogP contribution in [0.5, 0.6) is 0 Å². The van der Waals surface area contributed by atoms with E-state index in [0.717, 1.165) is 5.56 Å². The molecule has 1 aliphatic heterocycles. The second-order valence-corrected chi connectivity index (χ2v) is 6.33. The van der Waals surface area contributed by atoms with Gasteiger partial charge in [0.25, 0.3) is 0 Å². The van der Waals surface area contributed by atoms with Crippen molar-refractivity contribution in [3.63, 3.8) is 0 Å². The molecular formula is C20H22O6. The van der Waals surface area contributed by atoms with Crippen LogP contribution in [0.25, 0.3) is 0 Å². The first-order chi connectivity index (χ1) is 12.6. The average molecular weight is 358 g/mol. The molecule has 0 bridgehead atoms. The number of benzene rings is 2. The van der Waals surface area contributed by atoms with Crippen molar-refractivity contribution >= 4 is 5.97 Å². The summed E-state index contributed by atoms with van der Waals surface area (Å²) in [5.41, 5.74) is 1.38. The summed E-state index contributed by atoms with van der Waals surface area (Å²) in [6.45, 7) is 0.253.